The maximum Gasteiger partial charge on any atom is 0.407 e. The van der Waals surface area contributed by atoms with Crippen LogP contribution >= 0.6 is 0 Å². The Bertz CT molecular complexity index is 1450. The summed E-state index contributed by atoms with van der Waals surface area (Å²) >= 11 is 0. The average molecular weight is 537 g/mol. The Hall–Kier alpha value is -4.30. The van der Waals surface area contributed by atoms with E-state index in [1.807, 2.05) is 42.6 Å². The lowest BCUT2D eigenvalue weighted by molar-refractivity contribution is 0.0671. The number of carbonyl (C=O) groups is 3. The smallest absolute Gasteiger partial charge is 0.407 e. The van der Waals surface area contributed by atoms with E-state index < -0.39 is 6.09 Å². The molecule has 0 spiro atoms. The predicted octanol–water partition coefficient (Wildman–Crippen LogP) is 4.72. The number of aryl methyl sites for hydroxylation is 1. The molecule has 1 N–H and O–H groups in total. The molecule has 8 heteroatoms. The topological polar surface area (TPSA) is 94.1 Å². The summed E-state index contributed by atoms with van der Waals surface area (Å²) in [5, 5.41) is 10.1. The summed E-state index contributed by atoms with van der Waals surface area (Å²) in [6, 6.07) is 18.9. The molecule has 2 aliphatic heterocycles. The van der Waals surface area contributed by atoms with Gasteiger partial charge < -0.3 is 5.11 Å². The summed E-state index contributed by atoms with van der Waals surface area (Å²) in [4.78, 5) is 47.7. The molecule has 8 nitrogen and oxygen atoms in total. The Morgan fingerprint density at radius 1 is 0.950 bits per heavy atom. The molecule has 2 unspecified atom stereocenters. The Morgan fingerprint density at radius 2 is 1.65 bits per heavy atom. The van der Waals surface area contributed by atoms with E-state index in [1.54, 1.807) is 29.2 Å². The minimum absolute atomic E-state index is 0.0571. The third-order valence-electron chi connectivity index (χ3n) is 8.33. The minimum Gasteiger partial charge on any atom is -0.465 e. The predicted molar refractivity (Wildman–Crippen MR) is 150 cm³/mol. The lowest BCUT2D eigenvalue weighted by atomic mass is 9.89. The molecule has 204 valence electrons. The largest absolute Gasteiger partial charge is 0.465 e. The second-order valence-corrected chi connectivity index (χ2v) is 10.7. The van der Waals surface area contributed by atoms with Crippen LogP contribution in [0.15, 0.2) is 79.0 Å². The molecule has 40 heavy (non-hydrogen) atoms. The van der Waals surface area contributed by atoms with Gasteiger partial charge >= 0.3 is 6.09 Å². The number of carboxylic acid groups (broad SMARTS) is 1. The van der Waals surface area contributed by atoms with E-state index in [4.69, 9.17) is 4.98 Å². The van der Waals surface area contributed by atoms with Crippen LogP contribution in [0.4, 0.5) is 4.79 Å². The molecule has 0 radical (unpaired) electrons. The number of hydrogen-bond acceptors (Lipinski definition) is 5. The maximum absolute atomic E-state index is 12.8. The average Bonchev–Trinajstić information content (AvgIpc) is 3.22. The van der Waals surface area contributed by atoms with Crippen molar-refractivity contribution in [3.05, 3.63) is 113 Å². The molecule has 3 amide bonds. The number of rotatable bonds is 7. The molecule has 3 aliphatic rings. The van der Waals surface area contributed by atoms with E-state index in [-0.39, 0.29) is 30.4 Å². The van der Waals surface area contributed by atoms with Gasteiger partial charge in [0.15, 0.2) is 0 Å². The molecule has 1 aromatic heterocycles. The highest BCUT2D eigenvalue weighted by Crippen LogP contribution is 2.34. The standard InChI is InChI=1S/C32H32N4O4/c37-30-26-13-3-4-14-27(26)31(38)35(30)18-6-5-17-34(28-15-7-11-22-12-8-16-33-29(22)28)21-25-19-23-9-1-2-10-24(23)20-36(25)32(39)40/h1-6,8-10,12-14,16,25,28H,7,11,15,17-21H2,(H,39,40)/b6-5+. The Morgan fingerprint density at radius 3 is 2.40 bits per heavy atom. The summed E-state index contributed by atoms with van der Waals surface area (Å²) in [6.07, 6.45) is 8.38. The van der Waals surface area contributed by atoms with Gasteiger partial charge in [-0.15, -0.1) is 0 Å². The van der Waals surface area contributed by atoms with Gasteiger partial charge in [-0.2, -0.15) is 0 Å². The SMILES string of the molecule is O=C1c2ccccc2C(=O)N1C/C=C/CN(CC1Cc2ccccc2CN1C(=O)O)C1CCCc2cccnc21. The molecular weight excluding hydrogens is 504 g/mol. The number of carbonyl (C=O) groups excluding carboxylic acids is 2. The second kappa shape index (κ2) is 11.1. The van der Waals surface area contributed by atoms with Gasteiger partial charge in [0, 0.05) is 32.4 Å². The van der Waals surface area contributed by atoms with Gasteiger partial charge in [0.05, 0.1) is 28.9 Å². The van der Waals surface area contributed by atoms with E-state index in [0.717, 1.165) is 30.5 Å². The van der Waals surface area contributed by atoms with Gasteiger partial charge in [-0.1, -0.05) is 54.6 Å². The number of nitrogens with zero attached hydrogens (tertiary/aromatic N) is 4. The molecule has 6 rings (SSSR count). The van der Waals surface area contributed by atoms with Gasteiger partial charge in [-0.3, -0.25) is 29.3 Å². The van der Waals surface area contributed by atoms with Crippen molar-refractivity contribution < 1.29 is 19.5 Å². The lowest BCUT2D eigenvalue weighted by Gasteiger charge is -2.41. The first-order valence-electron chi connectivity index (χ1n) is 13.9. The first-order valence-corrected chi connectivity index (χ1v) is 13.9. The van der Waals surface area contributed by atoms with Crippen LogP contribution in [-0.4, -0.2) is 68.4 Å². The van der Waals surface area contributed by atoms with E-state index in [1.165, 1.54) is 16.0 Å². The zero-order chi connectivity index (χ0) is 27.6. The first kappa shape index (κ1) is 26.0. The zero-order valence-corrected chi connectivity index (χ0v) is 22.3. The van der Waals surface area contributed by atoms with E-state index in [0.29, 0.717) is 37.2 Å². The van der Waals surface area contributed by atoms with Crippen LogP contribution in [0, 0.1) is 0 Å². The fourth-order valence-corrected chi connectivity index (χ4v) is 6.31. The van der Waals surface area contributed by atoms with Crippen LogP contribution in [-0.2, 0) is 19.4 Å². The number of hydrogen-bond donors (Lipinski definition) is 1. The van der Waals surface area contributed by atoms with Crippen LogP contribution < -0.4 is 0 Å². The molecule has 0 fully saturated rings. The van der Waals surface area contributed by atoms with Crippen molar-refractivity contribution in [1.82, 2.24) is 19.7 Å². The van der Waals surface area contributed by atoms with E-state index in [2.05, 4.69) is 17.0 Å². The van der Waals surface area contributed by atoms with Crippen LogP contribution in [0.1, 0.15) is 62.0 Å². The lowest BCUT2D eigenvalue weighted by Crippen LogP contribution is -2.50. The number of benzene rings is 2. The van der Waals surface area contributed by atoms with Crippen LogP contribution in [0.3, 0.4) is 0 Å². The Balaban J connectivity index is 1.23. The number of imide groups is 1. The molecule has 0 bridgehead atoms. The monoisotopic (exact) mass is 536 g/mol. The highest BCUT2D eigenvalue weighted by molar-refractivity contribution is 6.21. The van der Waals surface area contributed by atoms with Crippen molar-refractivity contribution in [2.75, 3.05) is 19.6 Å². The molecule has 2 aromatic carbocycles. The molecule has 2 atom stereocenters. The molecule has 3 aromatic rings. The van der Waals surface area contributed by atoms with Gasteiger partial charge in [0.25, 0.3) is 11.8 Å². The van der Waals surface area contributed by atoms with Gasteiger partial charge in [0.1, 0.15) is 0 Å². The third-order valence-corrected chi connectivity index (χ3v) is 8.33. The number of pyridine rings is 1. The highest BCUT2D eigenvalue weighted by atomic mass is 16.4. The van der Waals surface area contributed by atoms with E-state index >= 15 is 0 Å². The Labute approximate surface area is 233 Å². The molecule has 1 aliphatic carbocycles. The van der Waals surface area contributed by atoms with Crippen LogP contribution in [0.5, 0.6) is 0 Å². The number of aromatic nitrogens is 1. The maximum atomic E-state index is 12.8. The molecular formula is C32H32N4O4. The van der Waals surface area contributed by atoms with Crippen molar-refractivity contribution in [2.24, 2.45) is 0 Å². The molecule has 3 heterocycles. The minimum atomic E-state index is -0.914. The Kier molecular flexibility index (Phi) is 7.17. The summed E-state index contributed by atoms with van der Waals surface area (Å²) in [7, 11) is 0. The first-order chi connectivity index (χ1) is 19.5. The summed E-state index contributed by atoms with van der Waals surface area (Å²) in [6.45, 7) is 1.67. The van der Waals surface area contributed by atoms with E-state index in [9.17, 15) is 19.5 Å². The molecule has 0 saturated heterocycles. The number of amides is 3. The second-order valence-electron chi connectivity index (χ2n) is 10.7. The van der Waals surface area contributed by atoms with Crippen molar-refractivity contribution in [3.63, 3.8) is 0 Å². The summed E-state index contributed by atoms with van der Waals surface area (Å²) in [5.74, 6) is -0.545. The van der Waals surface area contributed by atoms with Crippen molar-refractivity contribution in [1.29, 1.82) is 0 Å². The van der Waals surface area contributed by atoms with Crippen molar-refractivity contribution in [2.45, 2.75) is 44.3 Å². The fourth-order valence-electron chi connectivity index (χ4n) is 6.31. The van der Waals surface area contributed by atoms with Gasteiger partial charge in [0.2, 0.25) is 0 Å². The van der Waals surface area contributed by atoms with Crippen molar-refractivity contribution >= 4 is 17.9 Å². The van der Waals surface area contributed by atoms with Crippen LogP contribution in [0.2, 0.25) is 0 Å². The van der Waals surface area contributed by atoms with Gasteiger partial charge in [-0.25, -0.2) is 4.79 Å². The number of fused-ring (bicyclic) bond motifs is 3. The third kappa shape index (κ3) is 4.91. The summed E-state index contributed by atoms with van der Waals surface area (Å²) in [5.41, 5.74) is 5.42. The normalized spacial score (nSPS) is 20.1. The van der Waals surface area contributed by atoms with Crippen LogP contribution in [0.25, 0.3) is 0 Å². The highest BCUT2D eigenvalue weighted by Gasteiger charge is 2.36. The summed E-state index contributed by atoms with van der Waals surface area (Å²) < 4.78 is 0. The quantitative estimate of drug-likeness (QED) is 0.347. The van der Waals surface area contributed by atoms with Crippen molar-refractivity contribution in [3.8, 4) is 0 Å². The van der Waals surface area contributed by atoms with Gasteiger partial charge in [-0.05, 0) is 60.6 Å². The zero-order valence-electron chi connectivity index (χ0n) is 22.3. The fraction of sp³-hybridized carbons (Fsp3) is 0.312. The molecule has 0 saturated carbocycles.